The number of aliphatic carboxylic acids is 1. The van der Waals surface area contributed by atoms with E-state index in [0.29, 0.717) is 23.9 Å². The molecule has 1 aliphatic heterocycles. The molecule has 1 aliphatic rings. The standard InChI is InChI=1S/C20H20ClNO5/c21-17-10-15(14-4-2-1-3-5-14)6-7-18(17)27-13-19(23)22-8-9-26-16(12-22)11-20(24)25/h1-7,10,16H,8-9,11-13H2,(H,24,25). The molecule has 0 spiro atoms. The summed E-state index contributed by atoms with van der Waals surface area (Å²) in [5.41, 5.74) is 2.00. The lowest BCUT2D eigenvalue weighted by Gasteiger charge is -2.32. The Hall–Kier alpha value is -2.57. The monoisotopic (exact) mass is 389 g/mol. The molecule has 1 atom stereocenters. The van der Waals surface area contributed by atoms with Gasteiger partial charge >= 0.3 is 5.97 Å². The van der Waals surface area contributed by atoms with Crippen molar-refractivity contribution < 1.29 is 24.2 Å². The Morgan fingerprint density at radius 3 is 2.67 bits per heavy atom. The summed E-state index contributed by atoms with van der Waals surface area (Å²) in [6, 6.07) is 15.3. The van der Waals surface area contributed by atoms with Gasteiger partial charge in [-0.3, -0.25) is 9.59 Å². The largest absolute Gasteiger partial charge is 0.482 e. The number of carboxylic acids is 1. The van der Waals surface area contributed by atoms with Gasteiger partial charge in [0.2, 0.25) is 0 Å². The van der Waals surface area contributed by atoms with Gasteiger partial charge in [-0.25, -0.2) is 0 Å². The lowest BCUT2D eigenvalue weighted by molar-refractivity contribution is -0.148. The molecule has 0 radical (unpaired) electrons. The zero-order valence-electron chi connectivity index (χ0n) is 14.6. The molecule has 7 heteroatoms. The highest BCUT2D eigenvalue weighted by Crippen LogP contribution is 2.30. The van der Waals surface area contributed by atoms with Gasteiger partial charge in [-0.05, 0) is 23.3 Å². The summed E-state index contributed by atoms with van der Waals surface area (Å²) in [7, 11) is 0. The molecule has 0 bridgehead atoms. The fourth-order valence-corrected chi connectivity index (χ4v) is 3.16. The minimum atomic E-state index is -0.948. The third-order valence-electron chi connectivity index (χ3n) is 4.28. The Labute approximate surface area is 162 Å². The van der Waals surface area contributed by atoms with Crippen molar-refractivity contribution in [3.63, 3.8) is 0 Å². The summed E-state index contributed by atoms with van der Waals surface area (Å²) in [5.74, 6) is -0.743. The van der Waals surface area contributed by atoms with Gasteiger partial charge in [0.15, 0.2) is 6.61 Å². The Balaban J connectivity index is 1.58. The van der Waals surface area contributed by atoms with Crippen molar-refractivity contribution in [2.45, 2.75) is 12.5 Å². The molecule has 1 saturated heterocycles. The number of halogens is 1. The molecule has 6 nitrogen and oxygen atoms in total. The number of ether oxygens (including phenoxy) is 2. The van der Waals surface area contributed by atoms with Gasteiger partial charge in [0, 0.05) is 13.1 Å². The SMILES string of the molecule is O=C(O)CC1CN(C(=O)COc2ccc(-c3ccccc3)cc2Cl)CCO1. The van der Waals surface area contributed by atoms with Gasteiger partial charge in [-0.2, -0.15) is 0 Å². The lowest BCUT2D eigenvalue weighted by atomic mass is 10.1. The number of carbonyl (C=O) groups excluding carboxylic acids is 1. The summed E-state index contributed by atoms with van der Waals surface area (Å²) in [5, 5.41) is 9.28. The van der Waals surface area contributed by atoms with Crippen LogP contribution in [0.3, 0.4) is 0 Å². The zero-order chi connectivity index (χ0) is 19.2. The Kier molecular flexibility index (Phi) is 6.32. The molecule has 1 N–H and O–H groups in total. The summed E-state index contributed by atoms with van der Waals surface area (Å²) in [4.78, 5) is 24.7. The van der Waals surface area contributed by atoms with E-state index in [1.807, 2.05) is 36.4 Å². The maximum absolute atomic E-state index is 12.4. The number of amides is 1. The van der Waals surface area contributed by atoms with Crippen molar-refractivity contribution >= 4 is 23.5 Å². The zero-order valence-corrected chi connectivity index (χ0v) is 15.4. The van der Waals surface area contributed by atoms with E-state index in [2.05, 4.69) is 0 Å². The maximum Gasteiger partial charge on any atom is 0.306 e. The number of benzene rings is 2. The highest BCUT2D eigenvalue weighted by molar-refractivity contribution is 6.32. The molecular formula is C20H20ClNO5. The second kappa shape index (κ2) is 8.88. The van der Waals surface area contributed by atoms with Crippen LogP contribution in [-0.4, -0.2) is 54.3 Å². The van der Waals surface area contributed by atoms with E-state index in [0.717, 1.165) is 11.1 Å². The molecule has 1 fully saturated rings. The normalized spacial score (nSPS) is 16.8. The van der Waals surface area contributed by atoms with Crippen LogP contribution in [0.5, 0.6) is 5.75 Å². The first-order chi connectivity index (χ1) is 13.0. The number of hydrogen-bond acceptors (Lipinski definition) is 4. The van der Waals surface area contributed by atoms with Crippen LogP contribution in [0.15, 0.2) is 48.5 Å². The van der Waals surface area contributed by atoms with Crippen molar-refractivity contribution in [2.24, 2.45) is 0 Å². The summed E-state index contributed by atoms with van der Waals surface area (Å²) in [6.45, 7) is 0.814. The van der Waals surface area contributed by atoms with E-state index in [9.17, 15) is 9.59 Å². The first-order valence-corrected chi connectivity index (χ1v) is 8.99. The van der Waals surface area contributed by atoms with Crippen LogP contribution in [0.4, 0.5) is 0 Å². The topological polar surface area (TPSA) is 76.1 Å². The molecular weight excluding hydrogens is 370 g/mol. The fourth-order valence-electron chi connectivity index (χ4n) is 2.92. The molecule has 2 aromatic rings. The molecule has 1 amide bonds. The molecule has 2 aromatic carbocycles. The third kappa shape index (κ3) is 5.21. The van der Waals surface area contributed by atoms with Crippen LogP contribution >= 0.6 is 11.6 Å². The molecule has 1 heterocycles. The van der Waals surface area contributed by atoms with E-state index in [1.54, 1.807) is 17.0 Å². The van der Waals surface area contributed by atoms with Crippen LogP contribution in [0.1, 0.15) is 6.42 Å². The van der Waals surface area contributed by atoms with Crippen molar-refractivity contribution in [3.05, 3.63) is 53.6 Å². The number of rotatable bonds is 6. The van der Waals surface area contributed by atoms with Crippen LogP contribution in [0, 0.1) is 0 Å². The molecule has 0 aliphatic carbocycles. The molecule has 0 aromatic heterocycles. The van der Waals surface area contributed by atoms with Crippen molar-refractivity contribution in [1.29, 1.82) is 0 Å². The average Bonchev–Trinajstić information content (AvgIpc) is 2.67. The second-order valence-electron chi connectivity index (χ2n) is 6.23. The van der Waals surface area contributed by atoms with E-state index in [-0.39, 0.29) is 25.5 Å². The van der Waals surface area contributed by atoms with E-state index < -0.39 is 12.1 Å². The maximum atomic E-state index is 12.4. The highest BCUT2D eigenvalue weighted by Gasteiger charge is 2.26. The second-order valence-corrected chi connectivity index (χ2v) is 6.64. The molecule has 1 unspecified atom stereocenters. The number of carbonyl (C=O) groups is 2. The molecule has 27 heavy (non-hydrogen) atoms. The Morgan fingerprint density at radius 1 is 1.19 bits per heavy atom. The quantitative estimate of drug-likeness (QED) is 0.821. The summed E-state index contributed by atoms with van der Waals surface area (Å²) >= 11 is 6.29. The van der Waals surface area contributed by atoms with Crippen LogP contribution in [0.2, 0.25) is 5.02 Å². The number of morpholine rings is 1. The lowest BCUT2D eigenvalue weighted by Crippen LogP contribution is -2.47. The number of nitrogens with zero attached hydrogens (tertiary/aromatic N) is 1. The molecule has 0 saturated carbocycles. The molecule has 3 rings (SSSR count). The van der Waals surface area contributed by atoms with Gasteiger partial charge < -0.3 is 19.5 Å². The number of carboxylic acid groups (broad SMARTS) is 1. The van der Waals surface area contributed by atoms with Crippen molar-refractivity contribution in [1.82, 2.24) is 4.90 Å². The average molecular weight is 390 g/mol. The minimum absolute atomic E-state index is 0.128. The van der Waals surface area contributed by atoms with Gasteiger partial charge in [-0.15, -0.1) is 0 Å². The Morgan fingerprint density at radius 2 is 1.96 bits per heavy atom. The predicted molar refractivity (Wildman–Crippen MR) is 101 cm³/mol. The van der Waals surface area contributed by atoms with Crippen molar-refractivity contribution in [2.75, 3.05) is 26.3 Å². The first-order valence-electron chi connectivity index (χ1n) is 8.62. The number of hydrogen-bond donors (Lipinski definition) is 1. The molecule has 142 valence electrons. The van der Waals surface area contributed by atoms with E-state index in [4.69, 9.17) is 26.2 Å². The summed E-state index contributed by atoms with van der Waals surface area (Å²) < 4.78 is 10.9. The third-order valence-corrected chi connectivity index (χ3v) is 4.58. The summed E-state index contributed by atoms with van der Waals surface area (Å²) in [6.07, 6.45) is -0.619. The first kappa shape index (κ1) is 19.2. The van der Waals surface area contributed by atoms with Crippen molar-refractivity contribution in [3.8, 4) is 16.9 Å². The van der Waals surface area contributed by atoms with E-state index in [1.165, 1.54) is 0 Å². The fraction of sp³-hybridized carbons (Fsp3) is 0.300. The van der Waals surface area contributed by atoms with Gasteiger partial charge in [-0.1, -0.05) is 48.0 Å². The van der Waals surface area contributed by atoms with E-state index >= 15 is 0 Å². The van der Waals surface area contributed by atoms with Gasteiger partial charge in [0.05, 0.1) is 24.2 Å². The Bertz CT molecular complexity index is 811. The van der Waals surface area contributed by atoms with Crippen LogP contribution in [-0.2, 0) is 14.3 Å². The highest BCUT2D eigenvalue weighted by atomic mass is 35.5. The predicted octanol–water partition coefficient (Wildman–Crippen LogP) is 3.09. The van der Waals surface area contributed by atoms with Gasteiger partial charge in [0.25, 0.3) is 5.91 Å². The van der Waals surface area contributed by atoms with Gasteiger partial charge in [0.1, 0.15) is 5.75 Å². The van der Waals surface area contributed by atoms with Crippen LogP contribution in [0.25, 0.3) is 11.1 Å². The minimum Gasteiger partial charge on any atom is -0.482 e. The smallest absolute Gasteiger partial charge is 0.306 e. The van der Waals surface area contributed by atoms with Crippen LogP contribution < -0.4 is 4.74 Å².